The Bertz CT molecular complexity index is 736. The van der Waals surface area contributed by atoms with Gasteiger partial charge < -0.3 is 15.7 Å². The van der Waals surface area contributed by atoms with Gasteiger partial charge in [0, 0.05) is 24.5 Å². The summed E-state index contributed by atoms with van der Waals surface area (Å²) in [4.78, 5) is 33.9. The number of anilines is 2. The molecule has 0 aliphatic carbocycles. The third kappa shape index (κ3) is 4.16. The van der Waals surface area contributed by atoms with E-state index in [1.807, 2.05) is 0 Å². The number of carboxylic acids is 1. The summed E-state index contributed by atoms with van der Waals surface area (Å²) in [6, 6.07) is 7.30. The van der Waals surface area contributed by atoms with Crippen molar-refractivity contribution in [1.29, 1.82) is 0 Å². The fraction of sp³-hybridized carbons (Fsp3) is 0.200. The van der Waals surface area contributed by atoms with Crippen LogP contribution in [0.15, 0.2) is 36.5 Å². The molecule has 23 heavy (non-hydrogen) atoms. The third-order valence-corrected chi connectivity index (χ3v) is 3.08. The summed E-state index contributed by atoms with van der Waals surface area (Å²) < 4.78 is 1.28. The first-order valence-electron chi connectivity index (χ1n) is 6.84. The lowest BCUT2D eigenvalue weighted by Crippen LogP contribution is -2.24. The van der Waals surface area contributed by atoms with Gasteiger partial charge in [-0.05, 0) is 37.3 Å². The molecule has 2 aromatic rings. The summed E-state index contributed by atoms with van der Waals surface area (Å²) >= 11 is 0. The number of carbonyl (C=O) groups is 3. The quantitative estimate of drug-likeness (QED) is 0.777. The van der Waals surface area contributed by atoms with Crippen molar-refractivity contribution >= 4 is 29.2 Å². The first-order valence-corrected chi connectivity index (χ1v) is 6.84. The Hall–Kier alpha value is -3.16. The van der Waals surface area contributed by atoms with Gasteiger partial charge in [0.15, 0.2) is 5.69 Å². The Kier molecular flexibility index (Phi) is 4.75. The van der Waals surface area contributed by atoms with Gasteiger partial charge in [0.2, 0.25) is 11.8 Å². The van der Waals surface area contributed by atoms with E-state index in [4.69, 9.17) is 5.11 Å². The number of rotatable bonds is 5. The molecule has 0 bridgehead atoms. The molecule has 1 unspecified atom stereocenters. The average molecular weight is 316 g/mol. The number of amides is 2. The van der Waals surface area contributed by atoms with Gasteiger partial charge in [0.05, 0.1) is 0 Å². The van der Waals surface area contributed by atoms with E-state index in [1.54, 1.807) is 31.2 Å². The predicted octanol–water partition coefficient (Wildman–Crippen LogP) is 1.74. The van der Waals surface area contributed by atoms with Gasteiger partial charge in [-0.25, -0.2) is 4.79 Å². The van der Waals surface area contributed by atoms with Crippen LogP contribution in [0.3, 0.4) is 0 Å². The van der Waals surface area contributed by atoms with Crippen LogP contribution in [-0.4, -0.2) is 32.7 Å². The van der Waals surface area contributed by atoms with Gasteiger partial charge in [-0.2, -0.15) is 5.10 Å². The van der Waals surface area contributed by atoms with Crippen molar-refractivity contribution in [2.24, 2.45) is 0 Å². The number of carbonyl (C=O) groups excluding carboxylic acids is 2. The summed E-state index contributed by atoms with van der Waals surface area (Å²) in [5, 5.41) is 18.0. The van der Waals surface area contributed by atoms with Crippen LogP contribution in [0.25, 0.3) is 0 Å². The number of hydrogen-bond donors (Lipinski definition) is 3. The zero-order chi connectivity index (χ0) is 17.0. The van der Waals surface area contributed by atoms with E-state index in [9.17, 15) is 14.4 Å². The van der Waals surface area contributed by atoms with Gasteiger partial charge >= 0.3 is 5.97 Å². The molecule has 8 heteroatoms. The Morgan fingerprint density at radius 3 is 2.13 bits per heavy atom. The minimum atomic E-state index is -1.15. The number of nitrogens with one attached hydrogen (secondary N) is 2. The fourth-order valence-corrected chi connectivity index (χ4v) is 1.87. The SMILES string of the molecule is CC(=O)Nc1ccc(NC(=O)C(C)n2ccc(C(=O)O)n2)cc1. The van der Waals surface area contributed by atoms with Crippen LogP contribution in [0.1, 0.15) is 30.4 Å². The smallest absolute Gasteiger partial charge is 0.356 e. The van der Waals surface area contributed by atoms with Crippen molar-refractivity contribution in [3.8, 4) is 0 Å². The number of aromatic carboxylic acids is 1. The normalized spacial score (nSPS) is 11.6. The number of benzene rings is 1. The lowest BCUT2D eigenvalue weighted by atomic mass is 10.2. The van der Waals surface area contributed by atoms with Crippen molar-refractivity contribution in [2.75, 3.05) is 10.6 Å². The highest BCUT2D eigenvalue weighted by Crippen LogP contribution is 2.15. The van der Waals surface area contributed by atoms with Gasteiger partial charge in [-0.1, -0.05) is 0 Å². The Morgan fingerprint density at radius 2 is 1.65 bits per heavy atom. The zero-order valence-corrected chi connectivity index (χ0v) is 12.6. The molecule has 0 saturated carbocycles. The lowest BCUT2D eigenvalue weighted by molar-refractivity contribution is -0.119. The maximum atomic E-state index is 12.2. The van der Waals surface area contributed by atoms with Crippen LogP contribution in [0.4, 0.5) is 11.4 Å². The molecule has 1 atom stereocenters. The summed E-state index contributed by atoms with van der Waals surface area (Å²) in [5.74, 6) is -1.66. The first kappa shape index (κ1) is 16.2. The van der Waals surface area contributed by atoms with Crippen molar-refractivity contribution in [2.45, 2.75) is 19.9 Å². The number of nitrogens with zero attached hydrogens (tertiary/aromatic N) is 2. The summed E-state index contributed by atoms with van der Waals surface area (Å²) in [5.41, 5.74) is 1.06. The van der Waals surface area contributed by atoms with Crippen molar-refractivity contribution in [1.82, 2.24) is 9.78 Å². The molecule has 0 fully saturated rings. The molecule has 1 heterocycles. The molecule has 0 radical (unpaired) electrons. The maximum Gasteiger partial charge on any atom is 0.356 e. The lowest BCUT2D eigenvalue weighted by Gasteiger charge is -2.13. The Labute approximate surface area is 132 Å². The molecule has 0 aliphatic heterocycles. The number of carboxylic acid groups (broad SMARTS) is 1. The van der Waals surface area contributed by atoms with Gasteiger partial charge in [0.1, 0.15) is 6.04 Å². The topological polar surface area (TPSA) is 113 Å². The van der Waals surface area contributed by atoms with E-state index in [1.165, 1.54) is 23.9 Å². The molecule has 8 nitrogen and oxygen atoms in total. The van der Waals surface area contributed by atoms with Gasteiger partial charge in [0.25, 0.3) is 0 Å². The van der Waals surface area contributed by atoms with Gasteiger partial charge in [-0.3, -0.25) is 14.3 Å². The van der Waals surface area contributed by atoms with E-state index >= 15 is 0 Å². The largest absolute Gasteiger partial charge is 0.476 e. The van der Waals surface area contributed by atoms with Gasteiger partial charge in [-0.15, -0.1) is 0 Å². The van der Waals surface area contributed by atoms with Crippen LogP contribution in [0.2, 0.25) is 0 Å². The number of aromatic nitrogens is 2. The highest BCUT2D eigenvalue weighted by atomic mass is 16.4. The summed E-state index contributed by atoms with van der Waals surface area (Å²) in [6.45, 7) is 3.02. The predicted molar refractivity (Wildman–Crippen MR) is 83.3 cm³/mol. The Morgan fingerprint density at radius 1 is 1.09 bits per heavy atom. The van der Waals surface area contributed by atoms with Crippen molar-refractivity contribution < 1.29 is 19.5 Å². The second kappa shape index (κ2) is 6.73. The molecule has 1 aromatic heterocycles. The standard InChI is InChI=1S/C15H16N4O4/c1-9(19-8-7-13(18-19)15(22)23)14(21)17-12-5-3-11(4-6-12)16-10(2)20/h3-9H,1-2H3,(H,16,20)(H,17,21)(H,22,23). The molecule has 2 rings (SSSR count). The average Bonchev–Trinajstić information content (AvgIpc) is 2.98. The minimum Gasteiger partial charge on any atom is -0.476 e. The molecule has 3 N–H and O–H groups in total. The van der Waals surface area contributed by atoms with E-state index in [-0.39, 0.29) is 17.5 Å². The van der Waals surface area contributed by atoms with E-state index in [2.05, 4.69) is 15.7 Å². The third-order valence-electron chi connectivity index (χ3n) is 3.08. The summed E-state index contributed by atoms with van der Waals surface area (Å²) in [6.07, 6.45) is 1.44. The molecule has 120 valence electrons. The van der Waals surface area contributed by atoms with Crippen LogP contribution in [-0.2, 0) is 9.59 Å². The summed E-state index contributed by atoms with van der Waals surface area (Å²) in [7, 11) is 0. The monoisotopic (exact) mass is 316 g/mol. The van der Waals surface area contributed by atoms with Crippen molar-refractivity contribution in [3.63, 3.8) is 0 Å². The molecular weight excluding hydrogens is 300 g/mol. The van der Waals surface area contributed by atoms with Crippen LogP contribution < -0.4 is 10.6 Å². The fourth-order valence-electron chi connectivity index (χ4n) is 1.87. The van der Waals surface area contributed by atoms with Crippen molar-refractivity contribution in [3.05, 3.63) is 42.2 Å². The molecular formula is C15H16N4O4. The minimum absolute atomic E-state index is 0.121. The second-order valence-electron chi connectivity index (χ2n) is 4.91. The molecule has 0 spiro atoms. The van der Waals surface area contributed by atoms with Crippen LogP contribution in [0, 0.1) is 0 Å². The zero-order valence-electron chi connectivity index (χ0n) is 12.6. The van der Waals surface area contributed by atoms with Crippen LogP contribution >= 0.6 is 0 Å². The van der Waals surface area contributed by atoms with E-state index in [0.29, 0.717) is 11.4 Å². The highest BCUT2D eigenvalue weighted by Gasteiger charge is 2.17. The Balaban J connectivity index is 2.02. The second-order valence-corrected chi connectivity index (χ2v) is 4.91. The molecule has 1 aromatic carbocycles. The van der Waals surface area contributed by atoms with E-state index < -0.39 is 12.0 Å². The van der Waals surface area contributed by atoms with E-state index in [0.717, 1.165) is 0 Å². The molecule has 2 amide bonds. The highest BCUT2D eigenvalue weighted by molar-refractivity contribution is 5.94. The molecule has 0 saturated heterocycles. The molecule has 0 aliphatic rings. The number of hydrogen-bond acceptors (Lipinski definition) is 4. The maximum absolute atomic E-state index is 12.2. The van der Waals surface area contributed by atoms with Crippen LogP contribution in [0.5, 0.6) is 0 Å². The first-order chi connectivity index (χ1) is 10.9.